The second-order valence-corrected chi connectivity index (χ2v) is 8.89. The Balaban J connectivity index is 1.21. The predicted molar refractivity (Wildman–Crippen MR) is 103 cm³/mol. The van der Waals surface area contributed by atoms with Crippen molar-refractivity contribution in [1.29, 1.82) is 0 Å². The monoisotopic (exact) mass is 417 g/mol. The summed E-state index contributed by atoms with van der Waals surface area (Å²) in [6.07, 6.45) is 2.51. The number of hydrogen-bond acceptors (Lipinski definition) is 6. The number of hydrogen-bond donors (Lipinski definition) is 1. The summed E-state index contributed by atoms with van der Waals surface area (Å²) in [6.45, 7) is 4.18. The maximum atomic E-state index is 13.2. The molecule has 1 N–H and O–H groups in total. The molecule has 3 aliphatic heterocycles. The second-order valence-electron chi connectivity index (χ2n) is 8.89. The molecule has 5 rings (SSSR count). The molecule has 9 heteroatoms. The van der Waals surface area contributed by atoms with Gasteiger partial charge in [0.2, 0.25) is 5.91 Å². The van der Waals surface area contributed by atoms with Crippen molar-refractivity contribution in [3.8, 4) is 0 Å². The molecule has 1 atom stereocenters. The summed E-state index contributed by atoms with van der Waals surface area (Å²) < 4.78 is 17.1. The van der Waals surface area contributed by atoms with Gasteiger partial charge in [0.1, 0.15) is 17.1 Å². The maximum Gasteiger partial charge on any atom is 0.325 e. The third-order valence-electron chi connectivity index (χ3n) is 6.80. The van der Waals surface area contributed by atoms with Gasteiger partial charge in [-0.25, -0.2) is 4.79 Å². The number of ether oxygens (including phenoxy) is 2. The minimum atomic E-state index is -0.869. The topological polar surface area (TPSA) is 101 Å². The predicted octanol–water partition coefficient (Wildman–Crippen LogP) is 1.54. The average molecular weight is 417 g/mol. The first kappa shape index (κ1) is 19.6. The van der Waals surface area contributed by atoms with Crippen LogP contribution in [0, 0.1) is 12.8 Å². The lowest BCUT2D eigenvalue weighted by atomic mass is 9.78. The summed E-state index contributed by atoms with van der Waals surface area (Å²) >= 11 is 0. The minimum absolute atomic E-state index is 0.0194. The summed E-state index contributed by atoms with van der Waals surface area (Å²) in [7, 11) is 0. The molecule has 0 bridgehead atoms. The normalized spacial score (nSPS) is 27.6. The third-order valence-corrected chi connectivity index (χ3v) is 6.80. The second kappa shape index (κ2) is 7.09. The molecule has 4 fully saturated rings. The Morgan fingerprint density at radius 2 is 1.83 bits per heavy atom. The van der Waals surface area contributed by atoms with E-state index in [4.69, 9.17) is 13.9 Å². The molecule has 1 saturated carbocycles. The van der Waals surface area contributed by atoms with Crippen molar-refractivity contribution >= 4 is 17.8 Å². The van der Waals surface area contributed by atoms with Crippen LogP contribution >= 0.6 is 0 Å². The van der Waals surface area contributed by atoms with Gasteiger partial charge >= 0.3 is 6.03 Å². The molecule has 9 nitrogen and oxygen atoms in total. The van der Waals surface area contributed by atoms with E-state index in [0.29, 0.717) is 58.4 Å². The molecule has 3 saturated heterocycles. The van der Waals surface area contributed by atoms with Crippen LogP contribution in [0.25, 0.3) is 0 Å². The zero-order valence-electron chi connectivity index (χ0n) is 17.1. The average Bonchev–Trinajstić information content (AvgIpc) is 3.47. The van der Waals surface area contributed by atoms with Crippen LogP contribution in [0.15, 0.2) is 16.5 Å². The fraction of sp³-hybridized carbons (Fsp3) is 0.667. The molecule has 0 radical (unpaired) electrons. The number of amides is 4. The first-order valence-corrected chi connectivity index (χ1v) is 10.6. The van der Waals surface area contributed by atoms with E-state index in [0.717, 1.165) is 11.5 Å². The van der Waals surface area contributed by atoms with E-state index in [1.807, 2.05) is 19.1 Å². The van der Waals surface area contributed by atoms with Gasteiger partial charge in [0.25, 0.3) is 5.91 Å². The molecule has 2 spiro atoms. The van der Waals surface area contributed by atoms with Crippen molar-refractivity contribution in [1.82, 2.24) is 15.1 Å². The number of urea groups is 1. The number of nitrogens with zero attached hydrogens (tertiary/aromatic N) is 2. The van der Waals surface area contributed by atoms with Gasteiger partial charge in [0, 0.05) is 38.3 Å². The van der Waals surface area contributed by atoms with Gasteiger partial charge in [-0.15, -0.1) is 0 Å². The molecular formula is C21H27N3O6. The molecule has 1 aromatic rings. The first-order chi connectivity index (χ1) is 14.4. The van der Waals surface area contributed by atoms with Crippen LogP contribution in [0.3, 0.4) is 0 Å². The van der Waals surface area contributed by atoms with E-state index in [-0.39, 0.29) is 30.3 Å². The lowest BCUT2D eigenvalue weighted by Crippen LogP contribution is -2.53. The number of aryl methyl sites for hydroxylation is 1. The zero-order valence-corrected chi connectivity index (χ0v) is 17.1. The SMILES string of the molecule is Cc1ccc(CN2CC(CN3C(=O)NC4(CCC5(CC4)OCCO5)C3=O)CC2=O)o1. The Morgan fingerprint density at radius 1 is 1.10 bits per heavy atom. The fourth-order valence-electron chi connectivity index (χ4n) is 5.17. The molecule has 0 aromatic carbocycles. The quantitative estimate of drug-likeness (QED) is 0.746. The molecule has 162 valence electrons. The molecule has 1 unspecified atom stereocenters. The van der Waals surface area contributed by atoms with Gasteiger partial charge < -0.3 is 24.1 Å². The molecular weight excluding hydrogens is 390 g/mol. The van der Waals surface area contributed by atoms with Crippen molar-refractivity contribution < 1.29 is 28.3 Å². The van der Waals surface area contributed by atoms with Crippen molar-refractivity contribution in [2.24, 2.45) is 5.92 Å². The van der Waals surface area contributed by atoms with Gasteiger partial charge in [0.15, 0.2) is 5.79 Å². The Bertz CT molecular complexity index is 864. The van der Waals surface area contributed by atoms with Crippen LogP contribution in [-0.2, 0) is 25.6 Å². The van der Waals surface area contributed by atoms with Crippen LogP contribution in [0.2, 0.25) is 0 Å². The highest BCUT2D eigenvalue weighted by atomic mass is 16.7. The number of nitrogens with one attached hydrogen (secondary N) is 1. The minimum Gasteiger partial charge on any atom is -0.464 e. The van der Waals surface area contributed by atoms with Crippen LogP contribution in [0.1, 0.15) is 43.6 Å². The van der Waals surface area contributed by atoms with Crippen LogP contribution in [0.4, 0.5) is 4.79 Å². The van der Waals surface area contributed by atoms with Gasteiger partial charge in [-0.3, -0.25) is 14.5 Å². The van der Waals surface area contributed by atoms with Crippen LogP contribution in [-0.4, -0.2) is 65.3 Å². The highest BCUT2D eigenvalue weighted by Gasteiger charge is 2.56. The van der Waals surface area contributed by atoms with Crippen molar-refractivity contribution in [2.45, 2.75) is 56.9 Å². The number of imide groups is 1. The van der Waals surface area contributed by atoms with E-state index in [1.165, 1.54) is 4.90 Å². The zero-order chi connectivity index (χ0) is 20.9. The van der Waals surface area contributed by atoms with Gasteiger partial charge in [-0.2, -0.15) is 0 Å². The number of carbonyl (C=O) groups is 3. The van der Waals surface area contributed by atoms with E-state index in [9.17, 15) is 14.4 Å². The summed E-state index contributed by atoms with van der Waals surface area (Å²) in [5.41, 5.74) is -0.869. The summed E-state index contributed by atoms with van der Waals surface area (Å²) in [6, 6.07) is 3.37. The van der Waals surface area contributed by atoms with Crippen molar-refractivity contribution in [2.75, 3.05) is 26.3 Å². The number of rotatable bonds is 4. The first-order valence-electron chi connectivity index (χ1n) is 10.6. The molecule has 1 aromatic heterocycles. The van der Waals surface area contributed by atoms with Crippen LogP contribution in [0.5, 0.6) is 0 Å². The van der Waals surface area contributed by atoms with E-state index >= 15 is 0 Å². The lowest BCUT2D eigenvalue weighted by molar-refractivity contribution is -0.186. The third kappa shape index (κ3) is 3.30. The summed E-state index contributed by atoms with van der Waals surface area (Å²) in [4.78, 5) is 41.3. The Labute approximate surface area is 174 Å². The fourth-order valence-corrected chi connectivity index (χ4v) is 5.17. The highest BCUT2D eigenvalue weighted by molar-refractivity contribution is 6.07. The van der Waals surface area contributed by atoms with Crippen molar-refractivity contribution in [3.05, 3.63) is 23.7 Å². The summed E-state index contributed by atoms with van der Waals surface area (Å²) in [5, 5.41) is 2.93. The molecule has 4 aliphatic rings. The molecule has 4 heterocycles. The maximum absolute atomic E-state index is 13.2. The number of furan rings is 1. The Hall–Kier alpha value is -2.39. The van der Waals surface area contributed by atoms with E-state index in [1.54, 1.807) is 4.90 Å². The largest absolute Gasteiger partial charge is 0.464 e. The number of likely N-dealkylation sites (tertiary alicyclic amines) is 1. The molecule has 30 heavy (non-hydrogen) atoms. The van der Waals surface area contributed by atoms with Crippen molar-refractivity contribution in [3.63, 3.8) is 0 Å². The van der Waals surface area contributed by atoms with Gasteiger partial charge in [-0.05, 0) is 31.9 Å². The Kier molecular flexibility index (Phi) is 4.62. The van der Waals surface area contributed by atoms with Gasteiger partial charge in [0.05, 0.1) is 19.8 Å². The Morgan fingerprint density at radius 3 is 2.50 bits per heavy atom. The molecule has 4 amide bonds. The highest BCUT2D eigenvalue weighted by Crippen LogP contribution is 2.43. The number of carbonyl (C=O) groups excluding carboxylic acids is 3. The van der Waals surface area contributed by atoms with Gasteiger partial charge in [-0.1, -0.05) is 0 Å². The van der Waals surface area contributed by atoms with E-state index in [2.05, 4.69) is 5.32 Å². The lowest BCUT2D eigenvalue weighted by Gasteiger charge is -2.39. The van der Waals surface area contributed by atoms with E-state index < -0.39 is 11.3 Å². The standard InChI is InChI=1S/C21H27N3O6/c1-14-2-3-16(30-14)13-23-11-15(10-17(23)25)12-24-18(26)20(22-19(24)27)4-6-21(7-5-20)28-8-9-29-21/h2-3,15H,4-13H2,1H3,(H,22,27). The smallest absolute Gasteiger partial charge is 0.325 e. The molecule has 1 aliphatic carbocycles. The van der Waals surface area contributed by atoms with Crippen LogP contribution < -0.4 is 5.32 Å². The summed E-state index contributed by atoms with van der Waals surface area (Å²) in [5.74, 6) is 0.712.